The number of nitrogens with zero attached hydrogens (tertiary/aromatic N) is 3. The van der Waals surface area contributed by atoms with E-state index in [0.29, 0.717) is 19.4 Å². The minimum Gasteiger partial charge on any atom is -0.440 e. The molecule has 0 N–H and O–H groups in total. The van der Waals surface area contributed by atoms with Crippen molar-refractivity contribution in [1.29, 1.82) is 5.26 Å². The van der Waals surface area contributed by atoms with Crippen molar-refractivity contribution in [2.75, 3.05) is 13.1 Å². The van der Waals surface area contributed by atoms with Crippen LogP contribution in [0, 0.1) is 11.3 Å². The van der Waals surface area contributed by atoms with Gasteiger partial charge in [-0.15, -0.1) is 0 Å². The van der Waals surface area contributed by atoms with Crippen LogP contribution < -0.4 is 0 Å². The molecule has 0 spiro atoms. The number of carbonyl (C=O) groups excluding carboxylic acids is 1. The van der Waals surface area contributed by atoms with Gasteiger partial charge in [0.05, 0.1) is 12.0 Å². The summed E-state index contributed by atoms with van der Waals surface area (Å²) >= 11 is 0. The predicted octanol–water partition coefficient (Wildman–Crippen LogP) is 4.62. The van der Waals surface area contributed by atoms with E-state index in [0.717, 1.165) is 41.9 Å². The van der Waals surface area contributed by atoms with Gasteiger partial charge in [-0.05, 0) is 30.5 Å². The molecule has 0 radical (unpaired) electrons. The van der Waals surface area contributed by atoms with Crippen molar-refractivity contribution in [2.45, 2.75) is 37.5 Å². The average Bonchev–Trinajstić information content (AvgIpc) is 3.18. The normalized spacial score (nSPS) is 18.0. The van der Waals surface area contributed by atoms with Crippen molar-refractivity contribution < 1.29 is 9.21 Å². The molecular weight excluding hydrogens is 350 g/mol. The molecule has 2 aromatic carbocycles. The molecule has 2 heterocycles. The number of para-hydroxylation sites is 2. The zero-order chi connectivity index (χ0) is 19.3. The molecule has 142 valence electrons. The predicted molar refractivity (Wildman–Crippen MR) is 107 cm³/mol. The van der Waals surface area contributed by atoms with E-state index < -0.39 is 0 Å². The monoisotopic (exact) mass is 373 g/mol. The van der Waals surface area contributed by atoms with Crippen LogP contribution in [0.2, 0.25) is 0 Å². The molecule has 0 unspecified atom stereocenters. The van der Waals surface area contributed by atoms with Crippen molar-refractivity contribution in [3.8, 4) is 6.07 Å². The third-order valence-electron chi connectivity index (χ3n) is 5.46. The summed E-state index contributed by atoms with van der Waals surface area (Å²) in [6.45, 7) is 1.38. The van der Waals surface area contributed by atoms with Gasteiger partial charge in [0, 0.05) is 31.8 Å². The van der Waals surface area contributed by atoms with E-state index in [2.05, 4.69) is 11.1 Å². The van der Waals surface area contributed by atoms with E-state index in [1.807, 2.05) is 59.5 Å². The summed E-state index contributed by atoms with van der Waals surface area (Å²) in [7, 11) is 0. The maximum atomic E-state index is 13.0. The molecule has 1 fully saturated rings. The molecule has 1 saturated heterocycles. The first-order valence-electron chi connectivity index (χ1n) is 9.79. The summed E-state index contributed by atoms with van der Waals surface area (Å²) in [5.74, 6) is 0.875. The minimum atomic E-state index is -0.0663. The van der Waals surface area contributed by atoms with Crippen molar-refractivity contribution in [3.63, 3.8) is 0 Å². The van der Waals surface area contributed by atoms with E-state index in [-0.39, 0.29) is 17.7 Å². The fourth-order valence-electron chi connectivity index (χ4n) is 3.95. The van der Waals surface area contributed by atoms with Crippen molar-refractivity contribution in [3.05, 3.63) is 66.1 Å². The topological polar surface area (TPSA) is 70.1 Å². The highest BCUT2D eigenvalue weighted by atomic mass is 16.3. The van der Waals surface area contributed by atoms with Crippen LogP contribution >= 0.6 is 0 Å². The molecule has 1 amide bonds. The zero-order valence-electron chi connectivity index (χ0n) is 15.8. The molecule has 28 heavy (non-hydrogen) atoms. The minimum absolute atomic E-state index is 0.0663. The maximum Gasteiger partial charge on any atom is 0.223 e. The van der Waals surface area contributed by atoms with Crippen molar-refractivity contribution in [2.24, 2.45) is 0 Å². The highest BCUT2D eigenvalue weighted by Crippen LogP contribution is 2.31. The first kappa shape index (κ1) is 18.2. The number of rotatable bonds is 5. The van der Waals surface area contributed by atoms with Gasteiger partial charge in [0.2, 0.25) is 5.91 Å². The van der Waals surface area contributed by atoms with Gasteiger partial charge >= 0.3 is 0 Å². The van der Waals surface area contributed by atoms with Crippen molar-refractivity contribution >= 4 is 17.0 Å². The fraction of sp³-hybridized carbons (Fsp3) is 0.348. The number of carbonyl (C=O) groups is 1. The van der Waals surface area contributed by atoms with Gasteiger partial charge in [0.25, 0.3) is 0 Å². The largest absolute Gasteiger partial charge is 0.440 e. The Labute approximate surface area is 164 Å². The lowest BCUT2D eigenvalue weighted by atomic mass is 9.91. The SMILES string of the molecule is N#CC[C@@H](CC(=O)N1CCC[C@H](c2nc3ccccc3o2)C1)c1ccccc1. The van der Waals surface area contributed by atoms with Gasteiger partial charge in [-0.25, -0.2) is 4.98 Å². The summed E-state index contributed by atoms with van der Waals surface area (Å²) in [5.41, 5.74) is 2.70. The summed E-state index contributed by atoms with van der Waals surface area (Å²) in [4.78, 5) is 19.5. The second-order valence-corrected chi connectivity index (χ2v) is 7.37. The number of amides is 1. The number of aromatic nitrogens is 1. The average molecular weight is 373 g/mol. The summed E-state index contributed by atoms with van der Waals surface area (Å²) < 4.78 is 5.93. The molecule has 2 atom stereocenters. The number of hydrogen-bond acceptors (Lipinski definition) is 4. The molecule has 5 nitrogen and oxygen atoms in total. The van der Waals surface area contributed by atoms with Crippen LogP contribution in [-0.2, 0) is 4.79 Å². The molecule has 4 rings (SSSR count). The Hall–Kier alpha value is -3.13. The highest BCUT2D eigenvalue weighted by Gasteiger charge is 2.29. The van der Waals surface area contributed by atoms with E-state index in [1.54, 1.807) is 0 Å². The molecule has 1 aromatic heterocycles. The second kappa shape index (κ2) is 8.26. The Balaban J connectivity index is 1.46. The van der Waals surface area contributed by atoms with Crippen LogP contribution in [0.5, 0.6) is 0 Å². The zero-order valence-corrected chi connectivity index (χ0v) is 15.8. The number of fused-ring (bicyclic) bond motifs is 1. The summed E-state index contributed by atoms with van der Waals surface area (Å²) in [6, 6.07) is 19.8. The number of hydrogen-bond donors (Lipinski definition) is 0. The van der Waals surface area contributed by atoms with Crippen LogP contribution in [0.3, 0.4) is 0 Å². The Morgan fingerprint density at radius 3 is 2.79 bits per heavy atom. The highest BCUT2D eigenvalue weighted by molar-refractivity contribution is 5.77. The summed E-state index contributed by atoms with van der Waals surface area (Å²) in [6.07, 6.45) is 2.61. The standard InChI is InChI=1S/C23H23N3O2/c24-13-12-18(17-7-2-1-3-8-17)15-22(27)26-14-6-9-19(16-26)23-25-20-10-4-5-11-21(20)28-23/h1-5,7-8,10-11,18-19H,6,9,12,14-16H2/t18-,19-/m0/s1. The number of piperidine rings is 1. The van der Waals surface area contributed by atoms with Crippen LogP contribution in [0.4, 0.5) is 0 Å². The maximum absolute atomic E-state index is 13.0. The van der Waals surface area contributed by atoms with Gasteiger partial charge in [-0.2, -0.15) is 5.26 Å². The Kier molecular flexibility index (Phi) is 5.38. The number of oxazole rings is 1. The van der Waals surface area contributed by atoms with Gasteiger partial charge in [-0.3, -0.25) is 4.79 Å². The summed E-state index contributed by atoms with van der Waals surface area (Å²) in [5, 5.41) is 9.19. The van der Waals surface area contributed by atoms with E-state index in [9.17, 15) is 10.1 Å². The lowest BCUT2D eigenvalue weighted by Crippen LogP contribution is -2.39. The van der Waals surface area contributed by atoms with Gasteiger partial charge < -0.3 is 9.32 Å². The lowest BCUT2D eigenvalue weighted by Gasteiger charge is -2.32. The first-order valence-corrected chi connectivity index (χ1v) is 9.79. The molecule has 0 saturated carbocycles. The molecule has 0 bridgehead atoms. The lowest BCUT2D eigenvalue weighted by molar-refractivity contribution is -0.132. The van der Waals surface area contributed by atoms with E-state index in [4.69, 9.17) is 4.42 Å². The van der Waals surface area contributed by atoms with Gasteiger partial charge in [-0.1, -0.05) is 42.5 Å². The van der Waals surface area contributed by atoms with Crippen LogP contribution in [-0.4, -0.2) is 28.9 Å². The number of nitriles is 1. The first-order chi connectivity index (χ1) is 13.7. The van der Waals surface area contributed by atoms with Crippen LogP contribution in [0.15, 0.2) is 59.0 Å². The smallest absolute Gasteiger partial charge is 0.223 e. The van der Waals surface area contributed by atoms with Crippen LogP contribution in [0.1, 0.15) is 49.0 Å². The van der Waals surface area contributed by atoms with Crippen molar-refractivity contribution in [1.82, 2.24) is 9.88 Å². The number of likely N-dealkylation sites (tertiary alicyclic amines) is 1. The number of benzene rings is 2. The molecule has 1 aliphatic rings. The molecule has 3 aromatic rings. The third-order valence-corrected chi connectivity index (χ3v) is 5.46. The Morgan fingerprint density at radius 2 is 2.00 bits per heavy atom. The van der Waals surface area contributed by atoms with E-state index in [1.165, 1.54) is 0 Å². The molecule has 5 heteroatoms. The Bertz CT molecular complexity index is 957. The quantitative estimate of drug-likeness (QED) is 0.654. The van der Waals surface area contributed by atoms with Gasteiger partial charge in [0.1, 0.15) is 5.52 Å². The molecule has 0 aliphatic carbocycles. The van der Waals surface area contributed by atoms with Gasteiger partial charge in [0.15, 0.2) is 11.5 Å². The van der Waals surface area contributed by atoms with E-state index >= 15 is 0 Å². The molecule has 1 aliphatic heterocycles. The van der Waals surface area contributed by atoms with Crippen LogP contribution in [0.25, 0.3) is 11.1 Å². The fourth-order valence-corrected chi connectivity index (χ4v) is 3.95. The second-order valence-electron chi connectivity index (χ2n) is 7.37. The molecular formula is C23H23N3O2. The Morgan fingerprint density at radius 1 is 1.21 bits per heavy atom. The third kappa shape index (κ3) is 3.91.